The quantitative estimate of drug-likeness (QED) is 0.820. The molecular weight excluding hydrogens is 282 g/mol. The Morgan fingerprint density at radius 2 is 1.57 bits per heavy atom. The first-order valence-corrected chi connectivity index (χ1v) is 8.59. The second-order valence-corrected chi connectivity index (χ2v) is 6.89. The number of hydrogen-bond donors (Lipinski definition) is 1. The maximum absolute atomic E-state index is 13.0. The normalized spacial score (nSPS) is 16.5. The molecule has 2 heteroatoms. The lowest BCUT2D eigenvalue weighted by Crippen LogP contribution is -2.37. The Labute approximate surface area is 138 Å². The molecule has 0 saturated heterocycles. The van der Waals surface area contributed by atoms with Crippen molar-refractivity contribution in [1.29, 1.82) is 0 Å². The van der Waals surface area contributed by atoms with E-state index in [0.717, 1.165) is 36.9 Å². The van der Waals surface area contributed by atoms with E-state index in [9.17, 15) is 4.79 Å². The van der Waals surface area contributed by atoms with Gasteiger partial charge in [-0.1, -0.05) is 69.2 Å². The van der Waals surface area contributed by atoms with Crippen molar-refractivity contribution < 1.29 is 4.79 Å². The van der Waals surface area contributed by atoms with Crippen LogP contribution in [0.5, 0.6) is 0 Å². The number of nitrogens with one attached hydrogen (secondary N) is 1. The van der Waals surface area contributed by atoms with Gasteiger partial charge in [-0.25, -0.2) is 0 Å². The van der Waals surface area contributed by atoms with Gasteiger partial charge in [-0.15, -0.1) is 0 Å². The molecule has 1 aliphatic rings. The fourth-order valence-corrected chi connectivity index (χ4v) is 3.58. The third-order valence-corrected chi connectivity index (χ3v) is 5.05. The van der Waals surface area contributed by atoms with E-state index in [1.807, 2.05) is 30.3 Å². The molecule has 3 rings (SSSR count). The molecule has 2 aromatic carbocycles. The van der Waals surface area contributed by atoms with Gasteiger partial charge in [0.2, 0.25) is 5.91 Å². The Morgan fingerprint density at radius 1 is 0.957 bits per heavy atom. The Balaban J connectivity index is 1.82. The van der Waals surface area contributed by atoms with Crippen LogP contribution >= 0.6 is 0 Å². The zero-order chi connectivity index (χ0) is 16.3. The highest BCUT2D eigenvalue weighted by Crippen LogP contribution is 2.42. The lowest BCUT2D eigenvalue weighted by atomic mass is 9.78. The maximum atomic E-state index is 13.0. The van der Waals surface area contributed by atoms with Crippen LogP contribution in [0.3, 0.4) is 0 Å². The predicted molar refractivity (Wildman–Crippen MR) is 95.7 cm³/mol. The summed E-state index contributed by atoms with van der Waals surface area (Å²) >= 11 is 0. The van der Waals surface area contributed by atoms with Crippen LogP contribution in [0.4, 0.5) is 5.69 Å². The van der Waals surface area contributed by atoms with Crippen molar-refractivity contribution in [1.82, 2.24) is 0 Å². The number of carbonyl (C=O) groups is 1. The summed E-state index contributed by atoms with van der Waals surface area (Å²) in [5.74, 6) is 0.642. The highest BCUT2D eigenvalue weighted by atomic mass is 16.2. The van der Waals surface area contributed by atoms with Gasteiger partial charge < -0.3 is 5.32 Å². The van der Waals surface area contributed by atoms with E-state index >= 15 is 0 Å². The molecule has 0 radical (unpaired) electrons. The SMILES string of the molecule is CC(C)c1ccc(NC(=O)C2(c3ccccc3)CCCC2)cc1. The van der Waals surface area contributed by atoms with Gasteiger partial charge in [-0.05, 0) is 42.0 Å². The second-order valence-electron chi connectivity index (χ2n) is 6.89. The number of hydrogen-bond acceptors (Lipinski definition) is 1. The molecule has 23 heavy (non-hydrogen) atoms. The Hall–Kier alpha value is -2.09. The van der Waals surface area contributed by atoms with Crippen LogP contribution in [0.1, 0.15) is 56.6 Å². The molecule has 1 fully saturated rings. The van der Waals surface area contributed by atoms with Crippen LogP contribution in [-0.4, -0.2) is 5.91 Å². The fraction of sp³-hybridized carbons (Fsp3) is 0.381. The van der Waals surface area contributed by atoms with Gasteiger partial charge in [0.1, 0.15) is 0 Å². The van der Waals surface area contributed by atoms with E-state index in [1.165, 1.54) is 5.56 Å². The summed E-state index contributed by atoms with van der Waals surface area (Å²) in [6, 6.07) is 18.5. The van der Waals surface area contributed by atoms with Crippen molar-refractivity contribution >= 4 is 11.6 Å². The summed E-state index contributed by atoms with van der Waals surface area (Å²) in [5, 5.41) is 3.15. The topological polar surface area (TPSA) is 29.1 Å². The molecule has 0 unspecified atom stereocenters. The van der Waals surface area contributed by atoms with Gasteiger partial charge in [-0.2, -0.15) is 0 Å². The molecule has 1 amide bonds. The van der Waals surface area contributed by atoms with Crippen LogP contribution in [0.2, 0.25) is 0 Å². The average molecular weight is 307 g/mol. The highest BCUT2D eigenvalue weighted by Gasteiger charge is 2.42. The Bertz CT molecular complexity index is 652. The van der Waals surface area contributed by atoms with E-state index in [0.29, 0.717) is 5.92 Å². The molecule has 1 saturated carbocycles. The summed E-state index contributed by atoms with van der Waals surface area (Å²) in [4.78, 5) is 13.0. The van der Waals surface area contributed by atoms with Crippen molar-refractivity contribution in [3.8, 4) is 0 Å². The number of amides is 1. The molecule has 0 aromatic heterocycles. The minimum atomic E-state index is -0.363. The minimum absolute atomic E-state index is 0.137. The van der Waals surface area contributed by atoms with Crippen LogP contribution in [-0.2, 0) is 10.2 Å². The smallest absolute Gasteiger partial charge is 0.235 e. The van der Waals surface area contributed by atoms with Gasteiger partial charge in [0.25, 0.3) is 0 Å². The van der Waals surface area contributed by atoms with Crippen LogP contribution in [0.25, 0.3) is 0 Å². The summed E-state index contributed by atoms with van der Waals surface area (Å²) in [6.07, 6.45) is 4.11. The molecule has 2 nitrogen and oxygen atoms in total. The zero-order valence-electron chi connectivity index (χ0n) is 14.0. The van der Waals surface area contributed by atoms with Crippen molar-refractivity contribution in [2.45, 2.75) is 50.9 Å². The molecule has 0 bridgehead atoms. The van der Waals surface area contributed by atoms with Gasteiger partial charge in [0.15, 0.2) is 0 Å². The van der Waals surface area contributed by atoms with Crippen molar-refractivity contribution in [2.75, 3.05) is 5.32 Å². The largest absolute Gasteiger partial charge is 0.325 e. The third-order valence-electron chi connectivity index (χ3n) is 5.05. The van der Waals surface area contributed by atoms with Crippen LogP contribution in [0, 0.1) is 0 Å². The molecule has 1 N–H and O–H groups in total. The summed E-state index contributed by atoms with van der Waals surface area (Å²) < 4.78 is 0. The third kappa shape index (κ3) is 3.17. The van der Waals surface area contributed by atoms with Crippen LogP contribution in [0.15, 0.2) is 54.6 Å². The first kappa shape index (κ1) is 15.8. The lowest BCUT2D eigenvalue weighted by Gasteiger charge is -2.28. The van der Waals surface area contributed by atoms with E-state index in [1.54, 1.807) is 0 Å². The lowest BCUT2D eigenvalue weighted by molar-refractivity contribution is -0.121. The first-order valence-electron chi connectivity index (χ1n) is 8.59. The minimum Gasteiger partial charge on any atom is -0.325 e. The Kier molecular flexibility index (Phi) is 4.51. The number of rotatable bonds is 4. The van der Waals surface area contributed by atoms with E-state index < -0.39 is 0 Å². The molecular formula is C21H25NO. The summed E-state index contributed by atoms with van der Waals surface area (Å²) in [7, 11) is 0. The van der Waals surface area contributed by atoms with E-state index in [2.05, 4.69) is 43.4 Å². The van der Waals surface area contributed by atoms with Gasteiger partial charge in [-0.3, -0.25) is 4.79 Å². The summed E-state index contributed by atoms with van der Waals surface area (Å²) in [5.41, 5.74) is 2.97. The van der Waals surface area contributed by atoms with Gasteiger partial charge >= 0.3 is 0 Å². The van der Waals surface area contributed by atoms with Gasteiger partial charge in [0.05, 0.1) is 5.41 Å². The highest BCUT2D eigenvalue weighted by molar-refractivity contribution is 5.99. The summed E-state index contributed by atoms with van der Waals surface area (Å²) in [6.45, 7) is 4.35. The zero-order valence-corrected chi connectivity index (χ0v) is 14.0. The second kappa shape index (κ2) is 6.57. The molecule has 2 aromatic rings. The van der Waals surface area contributed by atoms with Crippen LogP contribution < -0.4 is 5.32 Å². The number of benzene rings is 2. The molecule has 120 valence electrons. The predicted octanol–water partition coefficient (Wildman–Crippen LogP) is 5.26. The Morgan fingerprint density at radius 3 is 2.13 bits per heavy atom. The van der Waals surface area contributed by atoms with Gasteiger partial charge in [0, 0.05) is 5.69 Å². The average Bonchev–Trinajstić information content (AvgIpc) is 3.07. The fourth-order valence-electron chi connectivity index (χ4n) is 3.58. The first-order chi connectivity index (χ1) is 11.1. The van der Waals surface area contributed by atoms with E-state index in [4.69, 9.17) is 0 Å². The molecule has 0 heterocycles. The van der Waals surface area contributed by atoms with Crippen molar-refractivity contribution in [3.63, 3.8) is 0 Å². The molecule has 0 spiro atoms. The standard InChI is InChI=1S/C21H25NO/c1-16(2)17-10-12-19(13-11-17)22-20(23)21(14-6-7-15-21)18-8-4-3-5-9-18/h3-5,8-13,16H,6-7,14-15H2,1-2H3,(H,22,23). The maximum Gasteiger partial charge on any atom is 0.235 e. The molecule has 1 aliphatic carbocycles. The monoisotopic (exact) mass is 307 g/mol. The number of anilines is 1. The molecule has 0 atom stereocenters. The van der Waals surface area contributed by atoms with Crippen molar-refractivity contribution in [3.05, 3.63) is 65.7 Å². The van der Waals surface area contributed by atoms with Crippen molar-refractivity contribution in [2.24, 2.45) is 0 Å². The number of carbonyl (C=O) groups excluding carboxylic acids is 1. The van der Waals surface area contributed by atoms with E-state index in [-0.39, 0.29) is 11.3 Å². The molecule has 0 aliphatic heterocycles.